The molecule has 1 amide bonds. The van der Waals surface area contributed by atoms with Crippen molar-refractivity contribution in [1.29, 1.82) is 0 Å². The van der Waals surface area contributed by atoms with Gasteiger partial charge in [-0.15, -0.1) is 11.8 Å². The summed E-state index contributed by atoms with van der Waals surface area (Å²) in [4.78, 5) is 15.5. The molecular formula is C16H23NOS. The number of hydrogen-bond acceptors (Lipinski definition) is 2. The number of hydrogen-bond donors (Lipinski definition) is 0. The van der Waals surface area contributed by atoms with E-state index in [4.69, 9.17) is 0 Å². The Labute approximate surface area is 120 Å². The van der Waals surface area contributed by atoms with Gasteiger partial charge in [0.1, 0.15) is 0 Å². The van der Waals surface area contributed by atoms with Crippen molar-refractivity contribution in [2.45, 2.75) is 43.9 Å². The summed E-state index contributed by atoms with van der Waals surface area (Å²) in [5.41, 5.74) is 1.26. The Bertz CT molecular complexity index is 411. The van der Waals surface area contributed by atoms with Gasteiger partial charge in [-0.1, -0.05) is 37.5 Å². The fourth-order valence-corrected chi connectivity index (χ4v) is 3.38. The highest BCUT2D eigenvalue weighted by Crippen LogP contribution is 2.22. The molecule has 1 heterocycles. The number of rotatable bonds is 3. The Kier molecular flexibility index (Phi) is 5.77. The highest BCUT2D eigenvalue weighted by molar-refractivity contribution is 8.00. The van der Waals surface area contributed by atoms with Crippen LogP contribution in [0, 0.1) is 6.92 Å². The van der Waals surface area contributed by atoms with Gasteiger partial charge in [0.2, 0.25) is 5.91 Å². The zero-order valence-electron chi connectivity index (χ0n) is 11.7. The normalized spacial score (nSPS) is 16.8. The summed E-state index contributed by atoms with van der Waals surface area (Å²) in [5, 5.41) is 0. The van der Waals surface area contributed by atoms with E-state index in [0.717, 1.165) is 13.1 Å². The maximum absolute atomic E-state index is 12.3. The molecule has 3 heteroatoms. The van der Waals surface area contributed by atoms with Gasteiger partial charge in [0.15, 0.2) is 0 Å². The molecule has 2 rings (SSSR count). The minimum atomic E-state index is 0.301. The number of benzene rings is 1. The first-order valence-electron chi connectivity index (χ1n) is 7.23. The van der Waals surface area contributed by atoms with Gasteiger partial charge in [0, 0.05) is 18.0 Å². The Balaban J connectivity index is 1.84. The molecule has 1 saturated heterocycles. The lowest BCUT2D eigenvalue weighted by molar-refractivity contribution is -0.128. The van der Waals surface area contributed by atoms with Crippen LogP contribution in [0.5, 0.6) is 0 Å². The molecule has 0 saturated carbocycles. The molecule has 19 heavy (non-hydrogen) atoms. The fraction of sp³-hybridized carbons (Fsp3) is 0.562. The number of thioether (sulfide) groups is 1. The number of carbonyl (C=O) groups is 1. The third-order valence-corrected chi connectivity index (χ3v) is 4.81. The third kappa shape index (κ3) is 4.57. The molecular weight excluding hydrogens is 254 g/mol. The molecule has 0 bridgehead atoms. The van der Waals surface area contributed by atoms with E-state index in [1.54, 1.807) is 11.8 Å². The molecule has 2 nitrogen and oxygen atoms in total. The molecule has 0 atom stereocenters. The zero-order valence-corrected chi connectivity index (χ0v) is 12.5. The van der Waals surface area contributed by atoms with Crippen molar-refractivity contribution in [1.82, 2.24) is 4.90 Å². The lowest BCUT2D eigenvalue weighted by atomic mass is 10.1. The van der Waals surface area contributed by atoms with Gasteiger partial charge < -0.3 is 4.90 Å². The number of likely N-dealkylation sites (tertiary alicyclic amines) is 1. The highest BCUT2D eigenvalue weighted by Gasteiger charge is 2.15. The SMILES string of the molecule is Cc1ccccc1SCC(=O)N1CCCCCCC1. The quantitative estimate of drug-likeness (QED) is 0.781. The van der Waals surface area contributed by atoms with Gasteiger partial charge in [-0.25, -0.2) is 0 Å². The minimum Gasteiger partial charge on any atom is -0.342 e. The first kappa shape index (κ1) is 14.4. The highest BCUT2D eigenvalue weighted by atomic mass is 32.2. The second-order valence-corrected chi connectivity index (χ2v) is 6.22. The Morgan fingerprint density at radius 3 is 2.42 bits per heavy atom. The largest absolute Gasteiger partial charge is 0.342 e. The molecule has 104 valence electrons. The van der Waals surface area contributed by atoms with Gasteiger partial charge in [-0.05, 0) is 31.4 Å². The van der Waals surface area contributed by atoms with Gasteiger partial charge in [-0.3, -0.25) is 4.79 Å². The van der Waals surface area contributed by atoms with Crippen molar-refractivity contribution in [2.75, 3.05) is 18.8 Å². The van der Waals surface area contributed by atoms with E-state index in [0.29, 0.717) is 11.7 Å². The van der Waals surface area contributed by atoms with Crippen LogP contribution in [0.3, 0.4) is 0 Å². The van der Waals surface area contributed by atoms with Crippen LogP contribution in [-0.4, -0.2) is 29.6 Å². The minimum absolute atomic E-state index is 0.301. The van der Waals surface area contributed by atoms with Crippen molar-refractivity contribution in [2.24, 2.45) is 0 Å². The molecule has 0 aliphatic carbocycles. The number of nitrogens with zero attached hydrogens (tertiary/aromatic N) is 1. The smallest absolute Gasteiger partial charge is 0.232 e. The first-order valence-corrected chi connectivity index (χ1v) is 8.22. The average molecular weight is 277 g/mol. The first-order chi connectivity index (χ1) is 9.27. The molecule has 1 aliphatic heterocycles. The van der Waals surface area contributed by atoms with Gasteiger partial charge in [0.25, 0.3) is 0 Å². The average Bonchev–Trinajstić information content (AvgIpc) is 2.37. The van der Waals surface area contributed by atoms with E-state index in [9.17, 15) is 4.79 Å². The van der Waals surface area contributed by atoms with Gasteiger partial charge >= 0.3 is 0 Å². The van der Waals surface area contributed by atoms with Crippen molar-refractivity contribution in [3.05, 3.63) is 29.8 Å². The molecule has 1 fully saturated rings. The number of amides is 1. The summed E-state index contributed by atoms with van der Waals surface area (Å²) >= 11 is 1.67. The second kappa shape index (κ2) is 7.59. The molecule has 0 N–H and O–H groups in total. The molecule has 0 aromatic heterocycles. The van der Waals surface area contributed by atoms with Gasteiger partial charge in [0.05, 0.1) is 5.75 Å². The third-order valence-electron chi connectivity index (χ3n) is 3.65. The predicted molar refractivity (Wildman–Crippen MR) is 81.6 cm³/mol. The van der Waals surface area contributed by atoms with Crippen molar-refractivity contribution in [3.63, 3.8) is 0 Å². The monoisotopic (exact) mass is 277 g/mol. The van der Waals surface area contributed by atoms with Crippen molar-refractivity contribution >= 4 is 17.7 Å². The standard InChI is InChI=1S/C16H23NOS/c1-14-9-5-6-10-15(14)19-13-16(18)17-11-7-3-2-4-8-12-17/h5-6,9-10H,2-4,7-8,11-13H2,1H3. The van der Waals surface area contributed by atoms with Crippen molar-refractivity contribution in [3.8, 4) is 0 Å². The maximum Gasteiger partial charge on any atom is 0.232 e. The summed E-state index contributed by atoms with van der Waals surface area (Å²) in [6.45, 7) is 4.00. The van der Waals surface area contributed by atoms with Crippen LogP contribution in [-0.2, 0) is 4.79 Å². The van der Waals surface area contributed by atoms with E-state index in [2.05, 4.69) is 24.0 Å². The van der Waals surface area contributed by atoms with E-state index in [1.165, 1.54) is 42.6 Å². The summed E-state index contributed by atoms with van der Waals surface area (Å²) in [6.07, 6.45) is 6.21. The van der Waals surface area contributed by atoms with Crippen LogP contribution < -0.4 is 0 Å². The fourth-order valence-electron chi connectivity index (χ4n) is 2.45. The molecule has 0 radical (unpaired) electrons. The summed E-state index contributed by atoms with van der Waals surface area (Å²) in [6, 6.07) is 8.28. The van der Waals surface area contributed by atoms with Crippen LogP contribution in [0.25, 0.3) is 0 Å². The van der Waals surface area contributed by atoms with Gasteiger partial charge in [-0.2, -0.15) is 0 Å². The lowest BCUT2D eigenvalue weighted by Gasteiger charge is -2.24. The summed E-state index contributed by atoms with van der Waals surface area (Å²) < 4.78 is 0. The Morgan fingerprint density at radius 2 is 1.74 bits per heavy atom. The van der Waals surface area contributed by atoms with Crippen LogP contribution in [0.4, 0.5) is 0 Å². The Morgan fingerprint density at radius 1 is 1.11 bits per heavy atom. The van der Waals surface area contributed by atoms with E-state index in [1.807, 2.05) is 12.1 Å². The summed E-state index contributed by atoms with van der Waals surface area (Å²) in [7, 11) is 0. The van der Waals surface area contributed by atoms with Crippen LogP contribution >= 0.6 is 11.8 Å². The molecule has 1 aromatic rings. The van der Waals surface area contributed by atoms with Crippen LogP contribution in [0.1, 0.15) is 37.7 Å². The Hall–Kier alpha value is -0.960. The molecule has 0 spiro atoms. The number of aryl methyl sites for hydroxylation is 1. The molecule has 1 aliphatic rings. The topological polar surface area (TPSA) is 20.3 Å². The van der Waals surface area contributed by atoms with E-state index in [-0.39, 0.29) is 0 Å². The molecule has 1 aromatic carbocycles. The van der Waals surface area contributed by atoms with Crippen molar-refractivity contribution < 1.29 is 4.79 Å². The van der Waals surface area contributed by atoms with Crippen LogP contribution in [0.15, 0.2) is 29.2 Å². The van der Waals surface area contributed by atoms with E-state index < -0.39 is 0 Å². The number of carbonyl (C=O) groups excluding carboxylic acids is 1. The lowest BCUT2D eigenvalue weighted by Crippen LogP contribution is -2.35. The zero-order chi connectivity index (χ0) is 13.5. The second-order valence-electron chi connectivity index (χ2n) is 5.20. The molecule has 0 unspecified atom stereocenters. The summed E-state index contributed by atoms with van der Waals surface area (Å²) in [5.74, 6) is 0.875. The van der Waals surface area contributed by atoms with E-state index >= 15 is 0 Å². The van der Waals surface area contributed by atoms with Crippen LogP contribution in [0.2, 0.25) is 0 Å². The predicted octanol–water partition coefficient (Wildman–Crippen LogP) is 3.88. The maximum atomic E-state index is 12.3.